The summed E-state index contributed by atoms with van der Waals surface area (Å²) in [5.41, 5.74) is 2.83. The van der Waals surface area contributed by atoms with Crippen LogP contribution in [0.2, 0.25) is 5.02 Å². The molecule has 2 aromatic heterocycles. The molecule has 5 nitrogen and oxygen atoms in total. The van der Waals surface area contributed by atoms with Gasteiger partial charge in [0.25, 0.3) is 0 Å². The number of nitrogens with zero attached hydrogens (tertiary/aromatic N) is 3. The molecule has 0 aliphatic carbocycles. The van der Waals surface area contributed by atoms with E-state index in [4.69, 9.17) is 21.4 Å². The largest absolute Gasteiger partial charge is 0.497 e. The lowest BCUT2D eigenvalue weighted by Gasteiger charge is -2.04. The molecule has 2 aromatic carbocycles. The SMILES string of the molecule is COc1ccc2c(c1)c(Nc1cccc(Cl)c1)nn2Cc1ccccn1. The normalized spacial score (nSPS) is 10.8. The molecule has 0 atom stereocenters. The Morgan fingerprint density at radius 1 is 1.08 bits per heavy atom. The zero-order chi connectivity index (χ0) is 17.9. The molecule has 4 aromatic rings. The number of aromatic nitrogens is 3. The molecule has 0 unspecified atom stereocenters. The van der Waals surface area contributed by atoms with Gasteiger partial charge in [0.1, 0.15) is 5.75 Å². The molecule has 4 rings (SSSR count). The fourth-order valence-corrected chi connectivity index (χ4v) is 3.04. The van der Waals surface area contributed by atoms with Crippen molar-refractivity contribution < 1.29 is 4.74 Å². The first-order valence-corrected chi connectivity index (χ1v) is 8.58. The second-order valence-corrected chi connectivity index (χ2v) is 6.28. The average molecular weight is 365 g/mol. The lowest BCUT2D eigenvalue weighted by molar-refractivity contribution is 0.415. The van der Waals surface area contributed by atoms with Gasteiger partial charge in [0.15, 0.2) is 5.82 Å². The molecule has 0 spiro atoms. The van der Waals surface area contributed by atoms with Crippen LogP contribution in [0.3, 0.4) is 0 Å². The first-order valence-electron chi connectivity index (χ1n) is 8.20. The Labute approximate surface area is 156 Å². The van der Waals surface area contributed by atoms with Crippen LogP contribution in [0.1, 0.15) is 5.69 Å². The minimum Gasteiger partial charge on any atom is -0.497 e. The van der Waals surface area contributed by atoms with E-state index in [1.54, 1.807) is 13.3 Å². The lowest BCUT2D eigenvalue weighted by Crippen LogP contribution is -2.03. The summed E-state index contributed by atoms with van der Waals surface area (Å²) in [6, 6.07) is 19.3. The van der Waals surface area contributed by atoms with Crippen molar-refractivity contribution in [3.63, 3.8) is 0 Å². The second-order valence-electron chi connectivity index (χ2n) is 5.85. The first kappa shape index (κ1) is 16.4. The third-order valence-corrected chi connectivity index (χ3v) is 4.32. The third kappa shape index (κ3) is 3.34. The van der Waals surface area contributed by atoms with Gasteiger partial charge in [0.2, 0.25) is 0 Å². The molecule has 1 N–H and O–H groups in total. The summed E-state index contributed by atoms with van der Waals surface area (Å²) >= 11 is 6.10. The van der Waals surface area contributed by atoms with Crippen molar-refractivity contribution in [2.75, 3.05) is 12.4 Å². The van der Waals surface area contributed by atoms with Gasteiger partial charge in [0, 0.05) is 22.3 Å². The molecule has 0 fully saturated rings. The molecular formula is C20H17ClN4O. The van der Waals surface area contributed by atoms with Crippen LogP contribution in [0, 0.1) is 0 Å². The topological polar surface area (TPSA) is 52.0 Å². The monoisotopic (exact) mass is 364 g/mol. The second kappa shape index (κ2) is 7.06. The number of benzene rings is 2. The molecular weight excluding hydrogens is 348 g/mol. The number of anilines is 2. The zero-order valence-electron chi connectivity index (χ0n) is 14.2. The number of fused-ring (bicyclic) bond motifs is 1. The van der Waals surface area contributed by atoms with Gasteiger partial charge >= 0.3 is 0 Å². The van der Waals surface area contributed by atoms with Crippen LogP contribution in [-0.4, -0.2) is 21.9 Å². The van der Waals surface area contributed by atoms with E-state index in [1.807, 2.05) is 65.3 Å². The minimum atomic E-state index is 0.584. The number of ether oxygens (including phenoxy) is 1. The molecule has 0 aliphatic heterocycles. The molecule has 0 saturated heterocycles. The number of pyridine rings is 1. The summed E-state index contributed by atoms with van der Waals surface area (Å²) in [6.45, 7) is 0.584. The average Bonchev–Trinajstić information content (AvgIpc) is 2.99. The molecule has 0 bridgehead atoms. The fraction of sp³-hybridized carbons (Fsp3) is 0.100. The van der Waals surface area contributed by atoms with Gasteiger partial charge in [-0.1, -0.05) is 23.7 Å². The predicted octanol–water partition coefficient (Wildman–Crippen LogP) is 4.89. The van der Waals surface area contributed by atoms with Crippen molar-refractivity contribution in [2.45, 2.75) is 6.54 Å². The standard InChI is InChI=1S/C20H17ClN4O/c1-26-17-8-9-19-18(12-17)20(23-15-7-4-5-14(21)11-15)24-25(19)13-16-6-2-3-10-22-16/h2-12H,13H2,1H3,(H,23,24). The summed E-state index contributed by atoms with van der Waals surface area (Å²) < 4.78 is 7.31. The van der Waals surface area contributed by atoms with Gasteiger partial charge in [-0.05, 0) is 48.5 Å². The molecule has 6 heteroatoms. The van der Waals surface area contributed by atoms with E-state index < -0.39 is 0 Å². The summed E-state index contributed by atoms with van der Waals surface area (Å²) in [7, 11) is 1.66. The fourth-order valence-electron chi connectivity index (χ4n) is 2.85. The minimum absolute atomic E-state index is 0.584. The maximum Gasteiger partial charge on any atom is 0.160 e. The third-order valence-electron chi connectivity index (χ3n) is 4.08. The van der Waals surface area contributed by atoms with Crippen LogP contribution in [0.4, 0.5) is 11.5 Å². The van der Waals surface area contributed by atoms with Gasteiger partial charge < -0.3 is 10.1 Å². The van der Waals surface area contributed by atoms with Gasteiger partial charge in [-0.3, -0.25) is 9.67 Å². The predicted molar refractivity (Wildman–Crippen MR) is 104 cm³/mol. The Bertz CT molecular complexity index is 1050. The Hall–Kier alpha value is -3.05. The van der Waals surface area contributed by atoms with Crippen molar-refractivity contribution in [3.05, 3.63) is 77.6 Å². The van der Waals surface area contributed by atoms with E-state index in [9.17, 15) is 0 Å². The molecule has 0 saturated carbocycles. The van der Waals surface area contributed by atoms with E-state index in [2.05, 4.69) is 10.3 Å². The van der Waals surface area contributed by atoms with Crippen molar-refractivity contribution in [3.8, 4) is 5.75 Å². The van der Waals surface area contributed by atoms with Gasteiger partial charge in [-0.25, -0.2) is 0 Å². The Kier molecular flexibility index (Phi) is 4.46. The van der Waals surface area contributed by atoms with Gasteiger partial charge in [-0.2, -0.15) is 5.10 Å². The summed E-state index contributed by atoms with van der Waals surface area (Å²) in [5.74, 6) is 1.53. The molecule has 130 valence electrons. The van der Waals surface area contributed by atoms with Crippen molar-refractivity contribution in [1.82, 2.24) is 14.8 Å². The van der Waals surface area contributed by atoms with Crippen LogP contribution in [0.25, 0.3) is 10.9 Å². The van der Waals surface area contributed by atoms with E-state index >= 15 is 0 Å². The molecule has 0 amide bonds. The first-order chi connectivity index (χ1) is 12.7. The Balaban J connectivity index is 1.78. The van der Waals surface area contributed by atoms with E-state index in [-0.39, 0.29) is 0 Å². The Morgan fingerprint density at radius 3 is 2.77 bits per heavy atom. The van der Waals surface area contributed by atoms with Gasteiger partial charge in [-0.15, -0.1) is 0 Å². The maximum atomic E-state index is 6.10. The van der Waals surface area contributed by atoms with Crippen LogP contribution in [0.15, 0.2) is 66.9 Å². The quantitative estimate of drug-likeness (QED) is 0.548. The molecule has 0 radical (unpaired) electrons. The highest BCUT2D eigenvalue weighted by Gasteiger charge is 2.13. The number of nitrogens with one attached hydrogen (secondary N) is 1. The highest BCUT2D eigenvalue weighted by molar-refractivity contribution is 6.30. The summed E-state index contributed by atoms with van der Waals surface area (Å²) in [6.07, 6.45) is 1.79. The smallest absolute Gasteiger partial charge is 0.160 e. The lowest BCUT2D eigenvalue weighted by atomic mass is 10.2. The number of hydrogen-bond donors (Lipinski definition) is 1. The van der Waals surface area contributed by atoms with Crippen molar-refractivity contribution >= 4 is 34.0 Å². The van der Waals surface area contributed by atoms with Gasteiger partial charge in [0.05, 0.1) is 24.9 Å². The molecule has 26 heavy (non-hydrogen) atoms. The maximum absolute atomic E-state index is 6.10. The van der Waals surface area contributed by atoms with Crippen LogP contribution in [-0.2, 0) is 6.54 Å². The highest BCUT2D eigenvalue weighted by Crippen LogP contribution is 2.30. The van der Waals surface area contributed by atoms with Crippen molar-refractivity contribution in [2.24, 2.45) is 0 Å². The number of hydrogen-bond acceptors (Lipinski definition) is 4. The van der Waals surface area contributed by atoms with Crippen LogP contribution >= 0.6 is 11.6 Å². The van der Waals surface area contributed by atoms with Crippen LogP contribution < -0.4 is 10.1 Å². The molecule has 2 heterocycles. The summed E-state index contributed by atoms with van der Waals surface area (Å²) in [4.78, 5) is 4.40. The number of methoxy groups -OCH3 is 1. The number of rotatable bonds is 5. The summed E-state index contributed by atoms with van der Waals surface area (Å²) in [5, 5.41) is 9.75. The van der Waals surface area contributed by atoms with E-state index in [1.165, 1.54) is 0 Å². The zero-order valence-corrected chi connectivity index (χ0v) is 14.9. The number of halogens is 1. The van der Waals surface area contributed by atoms with E-state index in [0.29, 0.717) is 11.6 Å². The van der Waals surface area contributed by atoms with Crippen molar-refractivity contribution in [1.29, 1.82) is 0 Å². The van der Waals surface area contributed by atoms with E-state index in [0.717, 1.165) is 33.9 Å². The highest BCUT2D eigenvalue weighted by atomic mass is 35.5. The molecule has 0 aliphatic rings. The van der Waals surface area contributed by atoms with Crippen LogP contribution in [0.5, 0.6) is 5.75 Å². The Morgan fingerprint density at radius 2 is 2.00 bits per heavy atom.